The van der Waals surface area contributed by atoms with E-state index in [9.17, 15) is 4.79 Å². The number of benzene rings is 1. The van der Waals surface area contributed by atoms with Crippen LogP contribution in [0.25, 0.3) is 11.5 Å². The summed E-state index contributed by atoms with van der Waals surface area (Å²) in [5.41, 5.74) is 7.05. The molecule has 0 saturated heterocycles. The zero-order chi connectivity index (χ0) is 13.4. The van der Waals surface area contributed by atoms with Gasteiger partial charge in [-0.05, 0) is 53.6 Å². The number of nitrogens with one attached hydrogen (secondary N) is 1. The molecule has 0 unspecified atom stereocenters. The molecular formula is C12H11IN4O2. The largest absolute Gasteiger partial charge is 0.398 e. The van der Waals surface area contributed by atoms with Gasteiger partial charge in [0.1, 0.15) is 0 Å². The molecule has 1 saturated carbocycles. The lowest BCUT2D eigenvalue weighted by Gasteiger charge is -2.00. The van der Waals surface area contributed by atoms with Crippen LogP contribution < -0.4 is 11.1 Å². The Hall–Kier alpha value is -1.64. The first kappa shape index (κ1) is 12.4. The van der Waals surface area contributed by atoms with Crippen LogP contribution in [0.5, 0.6) is 0 Å². The molecule has 3 N–H and O–H groups in total. The Morgan fingerprint density at radius 2 is 2.26 bits per heavy atom. The van der Waals surface area contributed by atoms with Gasteiger partial charge in [-0.15, -0.1) is 0 Å². The number of amides is 1. The van der Waals surface area contributed by atoms with Gasteiger partial charge in [0, 0.05) is 15.3 Å². The summed E-state index contributed by atoms with van der Waals surface area (Å²) in [6.45, 7) is 0. The molecule has 2 aromatic rings. The second-order valence-electron chi connectivity index (χ2n) is 4.40. The Morgan fingerprint density at radius 1 is 1.47 bits per heavy atom. The Bertz CT molecular complexity index is 636. The maximum Gasteiger partial charge on any atom is 0.292 e. The third kappa shape index (κ3) is 2.70. The Kier molecular flexibility index (Phi) is 3.13. The number of nitrogens with two attached hydrogens (primary N) is 1. The number of aromatic nitrogens is 2. The topological polar surface area (TPSA) is 94.0 Å². The number of nitrogen functional groups attached to an aromatic ring is 1. The van der Waals surface area contributed by atoms with Crippen molar-refractivity contribution in [2.24, 2.45) is 0 Å². The second-order valence-corrected chi connectivity index (χ2v) is 5.65. The summed E-state index contributed by atoms with van der Waals surface area (Å²) >= 11 is 2.17. The molecule has 1 aromatic carbocycles. The van der Waals surface area contributed by atoms with Gasteiger partial charge >= 0.3 is 0 Å². The molecule has 0 spiro atoms. The van der Waals surface area contributed by atoms with E-state index in [0.717, 1.165) is 16.4 Å². The smallest absolute Gasteiger partial charge is 0.292 e. The number of nitrogens with zero attached hydrogens (tertiary/aromatic N) is 2. The first-order valence-corrected chi connectivity index (χ1v) is 6.91. The molecule has 1 fully saturated rings. The molecule has 3 rings (SSSR count). The Morgan fingerprint density at radius 3 is 3.00 bits per heavy atom. The number of halogens is 1. The van der Waals surface area contributed by atoms with Gasteiger partial charge in [0.05, 0.1) is 5.56 Å². The fourth-order valence-corrected chi connectivity index (χ4v) is 2.11. The molecule has 1 aliphatic rings. The molecule has 0 bridgehead atoms. The minimum absolute atomic E-state index is 0.0418. The van der Waals surface area contributed by atoms with Gasteiger partial charge in [0.2, 0.25) is 0 Å². The summed E-state index contributed by atoms with van der Waals surface area (Å²) in [7, 11) is 0. The van der Waals surface area contributed by atoms with E-state index >= 15 is 0 Å². The number of hydrogen-bond acceptors (Lipinski definition) is 5. The van der Waals surface area contributed by atoms with E-state index in [-0.39, 0.29) is 23.7 Å². The molecule has 6 nitrogen and oxygen atoms in total. The Labute approximate surface area is 122 Å². The summed E-state index contributed by atoms with van der Waals surface area (Å²) in [5, 5.41) is 6.49. The van der Waals surface area contributed by atoms with Crippen LogP contribution in [0, 0.1) is 3.57 Å². The van der Waals surface area contributed by atoms with E-state index in [4.69, 9.17) is 10.3 Å². The maximum atomic E-state index is 11.8. The highest BCUT2D eigenvalue weighted by Gasteiger charge is 2.26. The van der Waals surface area contributed by atoms with Crippen molar-refractivity contribution in [2.45, 2.75) is 18.9 Å². The first-order chi connectivity index (χ1) is 9.13. The summed E-state index contributed by atoms with van der Waals surface area (Å²) < 4.78 is 6.11. The highest BCUT2D eigenvalue weighted by atomic mass is 127. The lowest BCUT2D eigenvalue weighted by molar-refractivity contribution is 0.0937. The van der Waals surface area contributed by atoms with Gasteiger partial charge in [-0.3, -0.25) is 4.79 Å². The molecule has 0 radical (unpaired) electrons. The SMILES string of the molecule is Nc1ccc(I)cc1-c1nc(C(=O)NC2CC2)no1. The van der Waals surface area contributed by atoms with Gasteiger partial charge in [-0.25, -0.2) is 0 Å². The van der Waals surface area contributed by atoms with Crippen LogP contribution in [0.2, 0.25) is 0 Å². The fourth-order valence-electron chi connectivity index (χ4n) is 1.62. The summed E-state index contributed by atoms with van der Waals surface area (Å²) in [5.74, 6) is -0.00109. The van der Waals surface area contributed by atoms with Crippen molar-refractivity contribution < 1.29 is 9.32 Å². The Balaban J connectivity index is 1.87. The lowest BCUT2D eigenvalue weighted by atomic mass is 10.2. The highest BCUT2D eigenvalue weighted by molar-refractivity contribution is 14.1. The van der Waals surface area contributed by atoms with Gasteiger partial charge in [-0.2, -0.15) is 4.98 Å². The molecule has 0 aliphatic heterocycles. The van der Waals surface area contributed by atoms with E-state index in [2.05, 4.69) is 38.0 Å². The summed E-state index contributed by atoms with van der Waals surface area (Å²) in [6, 6.07) is 5.76. The van der Waals surface area contributed by atoms with Crippen molar-refractivity contribution in [1.82, 2.24) is 15.5 Å². The third-order valence-electron chi connectivity index (χ3n) is 2.79. The maximum absolute atomic E-state index is 11.8. The van der Waals surface area contributed by atoms with Crippen molar-refractivity contribution in [3.8, 4) is 11.5 Å². The predicted octanol–water partition coefficient (Wildman–Crippen LogP) is 1.82. The summed E-state index contributed by atoms with van der Waals surface area (Å²) in [4.78, 5) is 15.9. The van der Waals surface area contributed by atoms with Crippen molar-refractivity contribution in [3.05, 3.63) is 27.6 Å². The molecular weight excluding hydrogens is 359 g/mol. The van der Waals surface area contributed by atoms with Gasteiger partial charge in [0.25, 0.3) is 17.6 Å². The molecule has 1 heterocycles. The van der Waals surface area contributed by atoms with Crippen LogP contribution in [0.4, 0.5) is 5.69 Å². The van der Waals surface area contributed by atoms with E-state index in [1.54, 1.807) is 6.07 Å². The number of anilines is 1. The van der Waals surface area contributed by atoms with Crippen molar-refractivity contribution in [2.75, 3.05) is 5.73 Å². The number of carbonyl (C=O) groups is 1. The van der Waals surface area contributed by atoms with Crippen molar-refractivity contribution in [3.63, 3.8) is 0 Å². The van der Waals surface area contributed by atoms with Crippen LogP contribution in [-0.4, -0.2) is 22.1 Å². The van der Waals surface area contributed by atoms with Crippen LogP contribution in [0.15, 0.2) is 22.7 Å². The second kappa shape index (κ2) is 4.80. The zero-order valence-electron chi connectivity index (χ0n) is 9.89. The van der Waals surface area contributed by atoms with Crippen LogP contribution in [0.3, 0.4) is 0 Å². The van der Waals surface area contributed by atoms with Crippen molar-refractivity contribution >= 4 is 34.2 Å². The molecule has 7 heteroatoms. The van der Waals surface area contributed by atoms with Crippen LogP contribution >= 0.6 is 22.6 Å². The van der Waals surface area contributed by atoms with E-state index in [0.29, 0.717) is 11.3 Å². The quantitative estimate of drug-likeness (QED) is 0.635. The molecule has 19 heavy (non-hydrogen) atoms. The average Bonchev–Trinajstić information content (AvgIpc) is 3.06. The fraction of sp³-hybridized carbons (Fsp3) is 0.250. The van der Waals surface area contributed by atoms with Gasteiger partial charge < -0.3 is 15.6 Å². The molecule has 1 amide bonds. The van der Waals surface area contributed by atoms with Gasteiger partial charge in [0.15, 0.2) is 0 Å². The van der Waals surface area contributed by atoms with E-state index in [1.165, 1.54) is 0 Å². The van der Waals surface area contributed by atoms with E-state index in [1.807, 2.05) is 12.1 Å². The number of carbonyl (C=O) groups excluding carboxylic acids is 1. The van der Waals surface area contributed by atoms with E-state index < -0.39 is 0 Å². The minimum atomic E-state index is -0.304. The molecule has 1 aliphatic carbocycles. The highest BCUT2D eigenvalue weighted by Crippen LogP contribution is 2.26. The minimum Gasteiger partial charge on any atom is -0.398 e. The zero-order valence-corrected chi connectivity index (χ0v) is 12.0. The first-order valence-electron chi connectivity index (χ1n) is 5.83. The van der Waals surface area contributed by atoms with Crippen molar-refractivity contribution in [1.29, 1.82) is 0 Å². The van der Waals surface area contributed by atoms with Crippen LogP contribution in [-0.2, 0) is 0 Å². The standard InChI is InChI=1S/C12H11IN4O2/c13-6-1-4-9(14)8(5-6)12-16-10(17-19-12)11(18)15-7-2-3-7/h1,4-5,7H,2-3,14H2,(H,15,18). The summed E-state index contributed by atoms with van der Waals surface area (Å²) in [6.07, 6.45) is 2.03. The molecule has 0 atom stereocenters. The predicted molar refractivity (Wildman–Crippen MR) is 77.4 cm³/mol. The van der Waals surface area contributed by atoms with Crippen LogP contribution in [0.1, 0.15) is 23.5 Å². The molecule has 98 valence electrons. The average molecular weight is 370 g/mol. The monoisotopic (exact) mass is 370 g/mol. The number of hydrogen-bond donors (Lipinski definition) is 2. The van der Waals surface area contributed by atoms with Gasteiger partial charge in [-0.1, -0.05) is 5.16 Å². The molecule has 1 aromatic heterocycles. The third-order valence-corrected chi connectivity index (χ3v) is 3.46. The normalized spacial score (nSPS) is 14.4. The number of rotatable bonds is 3. The lowest BCUT2D eigenvalue weighted by Crippen LogP contribution is -2.26.